The number of urea groups is 1. The van der Waals surface area contributed by atoms with Crippen molar-refractivity contribution in [3.05, 3.63) is 35.4 Å². The number of nitrogens with one attached hydrogen (secondary N) is 2. The van der Waals surface area contributed by atoms with Crippen LogP contribution in [0.1, 0.15) is 42.9 Å². The predicted octanol–water partition coefficient (Wildman–Crippen LogP) is 0.625. The zero-order chi connectivity index (χ0) is 17.6. The molecule has 3 aliphatic rings. The molecule has 1 spiro atoms. The van der Waals surface area contributed by atoms with Crippen LogP contribution in [-0.4, -0.2) is 46.0 Å². The molecule has 7 nitrogen and oxygen atoms in total. The Labute approximate surface area is 145 Å². The maximum Gasteiger partial charge on any atom is 0.325 e. The number of fused-ring (bicyclic) bond motifs is 1. The number of aliphatic hydroxyl groups is 1. The monoisotopic (exact) mass is 343 g/mol. The van der Waals surface area contributed by atoms with Crippen LogP contribution in [0.4, 0.5) is 4.79 Å². The van der Waals surface area contributed by atoms with Gasteiger partial charge >= 0.3 is 6.03 Å². The van der Waals surface area contributed by atoms with E-state index in [0.717, 1.165) is 28.9 Å². The lowest BCUT2D eigenvalue weighted by Crippen LogP contribution is -2.46. The van der Waals surface area contributed by atoms with E-state index in [1.54, 1.807) is 0 Å². The van der Waals surface area contributed by atoms with E-state index in [1.807, 2.05) is 24.3 Å². The number of hydrogen-bond acceptors (Lipinski definition) is 4. The average molecular weight is 343 g/mol. The second-order valence-electron chi connectivity index (χ2n) is 7.13. The molecule has 1 aromatic rings. The number of imide groups is 1. The third kappa shape index (κ3) is 2.59. The lowest BCUT2D eigenvalue weighted by atomic mass is 9.98. The molecular formula is C18H21N3O4. The first-order chi connectivity index (χ1) is 12.0. The second kappa shape index (κ2) is 5.84. The SMILES string of the molecule is O=C(CN1C(=O)NC2(CCCC2)C1=O)NC1c2ccccc2CC1O. The van der Waals surface area contributed by atoms with Crippen LogP contribution >= 0.6 is 0 Å². The predicted molar refractivity (Wildman–Crippen MR) is 88.5 cm³/mol. The fraction of sp³-hybridized carbons (Fsp3) is 0.500. The molecule has 0 radical (unpaired) electrons. The van der Waals surface area contributed by atoms with Crippen LogP contribution in [0.15, 0.2) is 24.3 Å². The van der Waals surface area contributed by atoms with Crippen molar-refractivity contribution in [3.8, 4) is 0 Å². The number of carbonyl (C=O) groups is 3. The molecule has 1 saturated carbocycles. The number of aliphatic hydroxyl groups excluding tert-OH is 1. The van der Waals surface area contributed by atoms with Crippen molar-refractivity contribution in [1.82, 2.24) is 15.5 Å². The Kier molecular flexibility index (Phi) is 3.76. The van der Waals surface area contributed by atoms with Gasteiger partial charge in [-0.2, -0.15) is 0 Å². The van der Waals surface area contributed by atoms with Crippen LogP contribution in [0.2, 0.25) is 0 Å². The normalized spacial score (nSPS) is 26.8. The summed E-state index contributed by atoms with van der Waals surface area (Å²) >= 11 is 0. The van der Waals surface area contributed by atoms with Gasteiger partial charge in [0.2, 0.25) is 5.91 Å². The number of benzene rings is 1. The van der Waals surface area contributed by atoms with Crippen LogP contribution in [-0.2, 0) is 16.0 Å². The smallest absolute Gasteiger partial charge is 0.325 e. The average Bonchev–Trinajstić information content (AvgIpc) is 3.23. The molecule has 1 saturated heterocycles. The van der Waals surface area contributed by atoms with E-state index in [9.17, 15) is 19.5 Å². The van der Waals surface area contributed by atoms with Gasteiger partial charge in [-0.05, 0) is 24.0 Å². The quantitative estimate of drug-likeness (QED) is 0.701. The molecule has 2 unspecified atom stereocenters. The number of hydrogen-bond donors (Lipinski definition) is 3. The molecule has 3 N–H and O–H groups in total. The maximum absolute atomic E-state index is 12.6. The van der Waals surface area contributed by atoms with E-state index in [0.29, 0.717) is 19.3 Å². The number of carbonyl (C=O) groups excluding carboxylic acids is 3. The highest BCUT2D eigenvalue weighted by Crippen LogP contribution is 2.35. The van der Waals surface area contributed by atoms with Gasteiger partial charge in [-0.3, -0.25) is 14.5 Å². The second-order valence-corrected chi connectivity index (χ2v) is 7.13. The summed E-state index contributed by atoms with van der Waals surface area (Å²) in [6.07, 6.45) is 2.83. The van der Waals surface area contributed by atoms with Gasteiger partial charge < -0.3 is 15.7 Å². The number of nitrogens with zero attached hydrogens (tertiary/aromatic N) is 1. The van der Waals surface area contributed by atoms with Gasteiger partial charge in [-0.15, -0.1) is 0 Å². The Morgan fingerprint density at radius 2 is 2.00 bits per heavy atom. The first kappa shape index (κ1) is 16.1. The molecule has 0 bridgehead atoms. The zero-order valence-electron chi connectivity index (χ0n) is 13.8. The summed E-state index contributed by atoms with van der Waals surface area (Å²) in [5.41, 5.74) is 1.07. The molecule has 1 heterocycles. The summed E-state index contributed by atoms with van der Waals surface area (Å²) in [5.74, 6) is -0.753. The summed E-state index contributed by atoms with van der Waals surface area (Å²) in [5, 5.41) is 15.7. The minimum atomic E-state index is -0.809. The third-order valence-electron chi connectivity index (χ3n) is 5.53. The minimum absolute atomic E-state index is 0.308. The molecule has 4 rings (SSSR count). The molecule has 0 aromatic heterocycles. The third-order valence-corrected chi connectivity index (χ3v) is 5.53. The van der Waals surface area contributed by atoms with E-state index < -0.39 is 29.6 Å². The lowest BCUT2D eigenvalue weighted by Gasteiger charge is -2.21. The largest absolute Gasteiger partial charge is 0.390 e. The highest BCUT2D eigenvalue weighted by molar-refractivity contribution is 6.09. The Hall–Kier alpha value is -2.41. The Balaban J connectivity index is 1.45. The topological polar surface area (TPSA) is 98.7 Å². The lowest BCUT2D eigenvalue weighted by molar-refractivity contribution is -0.135. The van der Waals surface area contributed by atoms with E-state index in [1.165, 1.54) is 0 Å². The molecular weight excluding hydrogens is 322 g/mol. The van der Waals surface area contributed by atoms with Gasteiger partial charge in [0.05, 0.1) is 12.1 Å². The van der Waals surface area contributed by atoms with E-state index in [-0.39, 0.29) is 12.5 Å². The van der Waals surface area contributed by atoms with Crippen LogP contribution in [0.5, 0.6) is 0 Å². The van der Waals surface area contributed by atoms with Crippen molar-refractivity contribution in [2.45, 2.75) is 49.8 Å². The highest BCUT2D eigenvalue weighted by Gasteiger charge is 2.52. The van der Waals surface area contributed by atoms with Crippen LogP contribution in [0, 0.1) is 0 Å². The maximum atomic E-state index is 12.6. The number of amides is 4. The number of rotatable bonds is 3. The molecule has 2 aliphatic carbocycles. The molecule has 4 amide bonds. The minimum Gasteiger partial charge on any atom is -0.390 e. The van der Waals surface area contributed by atoms with Gasteiger partial charge in [-0.25, -0.2) is 4.79 Å². The van der Waals surface area contributed by atoms with Crippen molar-refractivity contribution in [2.24, 2.45) is 0 Å². The van der Waals surface area contributed by atoms with Gasteiger partial charge in [0.15, 0.2) is 0 Å². The summed E-state index contributed by atoms with van der Waals surface area (Å²) in [7, 11) is 0. The molecule has 1 aliphatic heterocycles. The van der Waals surface area contributed by atoms with Crippen molar-refractivity contribution < 1.29 is 19.5 Å². The molecule has 25 heavy (non-hydrogen) atoms. The zero-order valence-corrected chi connectivity index (χ0v) is 13.8. The van der Waals surface area contributed by atoms with Crippen LogP contribution in [0.3, 0.4) is 0 Å². The van der Waals surface area contributed by atoms with Gasteiger partial charge in [-0.1, -0.05) is 37.1 Å². The first-order valence-corrected chi connectivity index (χ1v) is 8.69. The highest BCUT2D eigenvalue weighted by atomic mass is 16.3. The Morgan fingerprint density at radius 1 is 1.28 bits per heavy atom. The standard InChI is InChI=1S/C18H21N3O4/c22-13-9-11-5-1-2-6-12(11)15(13)19-14(23)10-21-16(24)18(20-17(21)25)7-3-4-8-18/h1-2,5-6,13,15,22H,3-4,7-10H2,(H,19,23)(H,20,25). The molecule has 7 heteroatoms. The molecule has 2 fully saturated rings. The van der Waals surface area contributed by atoms with Crippen LogP contribution < -0.4 is 10.6 Å². The molecule has 1 aromatic carbocycles. The van der Waals surface area contributed by atoms with E-state index >= 15 is 0 Å². The van der Waals surface area contributed by atoms with Gasteiger partial charge in [0, 0.05) is 6.42 Å². The van der Waals surface area contributed by atoms with E-state index in [4.69, 9.17) is 0 Å². The van der Waals surface area contributed by atoms with Crippen molar-refractivity contribution in [2.75, 3.05) is 6.54 Å². The summed E-state index contributed by atoms with van der Waals surface area (Å²) in [6.45, 7) is -0.322. The summed E-state index contributed by atoms with van der Waals surface area (Å²) < 4.78 is 0. The van der Waals surface area contributed by atoms with Gasteiger partial charge in [0.25, 0.3) is 5.91 Å². The Bertz CT molecular complexity index is 742. The van der Waals surface area contributed by atoms with Crippen molar-refractivity contribution in [3.63, 3.8) is 0 Å². The fourth-order valence-corrected chi connectivity index (χ4v) is 4.25. The van der Waals surface area contributed by atoms with Crippen molar-refractivity contribution in [1.29, 1.82) is 0 Å². The van der Waals surface area contributed by atoms with Gasteiger partial charge in [0.1, 0.15) is 12.1 Å². The van der Waals surface area contributed by atoms with Crippen molar-refractivity contribution >= 4 is 17.8 Å². The molecule has 2 atom stereocenters. The Morgan fingerprint density at radius 3 is 2.76 bits per heavy atom. The summed E-state index contributed by atoms with van der Waals surface area (Å²) in [6, 6.07) is 6.53. The van der Waals surface area contributed by atoms with Crippen LogP contribution in [0.25, 0.3) is 0 Å². The molecule has 132 valence electrons. The first-order valence-electron chi connectivity index (χ1n) is 8.69. The summed E-state index contributed by atoms with van der Waals surface area (Å²) in [4.78, 5) is 38.1. The fourth-order valence-electron chi connectivity index (χ4n) is 4.25. The van der Waals surface area contributed by atoms with E-state index in [2.05, 4.69) is 10.6 Å².